The van der Waals surface area contributed by atoms with Crippen LogP contribution in [0.2, 0.25) is 0 Å². The molecular weight excluding hydrogens is 328 g/mol. The number of rotatable bonds is 12. The van der Waals surface area contributed by atoms with E-state index < -0.39 is 0 Å². The Hall–Kier alpha value is -2.43. The van der Waals surface area contributed by atoms with Crippen molar-refractivity contribution in [2.45, 2.75) is 25.9 Å². The smallest absolute Gasteiger partial charge is 0.147 e. The van der Waals surface area contributed by atoms with E-state index in [1.165, 1.54) is 0 Å². The lowest BCUT2D eigenvalue weighted by atomic mass is 9.94. The van der Waals surface area contributed by atoms with Crippen LogP contribution < -0.4 is 4.74 Å². The van der Waals surface area contributed by atoms with E-state index in [9.17, 15) is 4.79 Å². The quantitative estimate of drug-likeness (QED) is 0.320. The molecule has 1 atom stereocenters. The Bertz CT molecular complexity index is 682. The van der Waals surface area contributed by atoms with E-state index in [0.29, 0.717) is 19.6 Å². The average Bonchev–Trinajstić information content (AvgIpc) is 2.69. The number of carbonyl (C=O) groups is 1. The van der Waals surface area contributed by atoms with Crippen molar-refractivity contribution in [3.8, 4) is 5.75 Å². The van der Waals surface area contributed by atoms with Gasteiger partial charge in [0.05, 0.1) is 19.1 Å². The molecule has 0 saturated heterocycles. The van der Waals surface area contributed by atoms with E-state index >= 15 is 0 Å². The van der Waals surface area contributed by atoms with Crippen LogP contribution in [-0.2, 0) is 20.9 Å². The molecule has 0 N–H and O–H groups in total. The summed E-state index contributed by atoms with van der Waals surface area (Å²) in [5.41, 5.74) is 1.98. The highest BCUT2D eigenvalue weighted by atomic mass is 16.7. The van der Waals surface area contributed by atoms with Gasteiger partial charge >= 0.3 is 0 Å². The number of benzene rings is 2. The maximum Gasteiger partial charge on any atom is 0.147 e. The van der Waals surface area contributed by atoms with Crippen molar-refractivity contribution in [2.24, 2.45) is 0 Å². The van der Waals surface area contributed by atoms with Crippen LogP contribution >= 0.6 is 0 Å². The molecule has 26 heavy (non-hydrogen) atoms. The van der Waals surface area contributed by atoms with E-state index in [0.717, 1.165) is 16.9 Å². The van der Waals surface area contributed by atoms with Gasteiger partial charge in [0, 0.05) is 6.42 Å². The Morgan fingerprint density at radius 1 is 1.12 bits per heavy atom. The topological polar surface area (TPSA) is 44.8 Å². The number of hydrogen-bond acceptors (Lipinski definition) is 4. The molecule has 0 amide bonds. The molecule has 0 spiro atoms. The van der Waals surface area contributed by atoms with Crippen LogP contribution in [0.15, 0.2) is 67.3 Å². The largest absolute Gasteiger partial charge is 0.490 e. The monoisotopic (exact) mass is 354 g/mol. The molecule has 0 aliphatic heterocycles. The van der Waals surface area contributed by atoms with Crippen molar-refractivity contribution >= 4 is 5.78 Å². The molecule has 0 aliphatic carbocycles. The lowest BCUT2D eigenvalue weighted by Crippen LogP contribution is -2.18. The molecule has 4 heteroatoms. The van der Waals surface area contributed by atoms with E-state index in [1.54, 1.807) is 6.08 Å². The van der Waals surface area contributed by atoms with Gasteiger partial charge in [0.2, 0.25) is 0 Å². The van der Waals surface area contributed by atoms with Crippen LogP contribution in [0, 0.1) is 0 Å². The third kappa shape index (κ3) is 6.47. The summed E-state index contributed by atoms with van der Waals surface area (Å²) >= 11 is 0. The molecular formula is C22H26O4. The molecule has 0 aromatic heterocycles. The second-order valence-corrected chi connectivity index (χ2v) is 5.87. The van der Waals surface area contributed by atoms with Gasteiger partial charge in [-0.3, -0.25) is 4.79 Å². The van der Waals surface area contributed by atoms with Crippen LogP contribution in [0.1, 0.15) is 30.4 Å². The van der Waals surface area contributed by atoms with E-state index in [4.69, 9.17) is 14.2 Å². The molecule has 2 aromatic carbocycles. The number of carbonyl (C=O) groups excluding carboxylic acids is 1. The minimum atomic E-state index is -0.326. The maximum absolute atomic E-state index is 12.3. The number of ketones is 1. The minimum absolute atomic E-state index is 0.133. The summed E-state index contributed by atoms with van der Waals surface area (Å²) in [7, 11) is 0. The number of Topliss-reactive ketones (excluding diaryl/α,β-unsaturated/α-hetero) is 1. The van der Waals surface area contributed by atoms with Crippen LogP contribution in [0.4, 0.5) is 0 Å². The van der Waals surface area contributed by atoms with Gasteiger partial charge in [-0.2, -0.15) is 0 Å². The molecule has 0 saturated carbocycles. The van der Waals surface area contributed by atoms with Crippen molar-refractivity contribution < 1.29 is 19.0 Å². The van der Waals surface area contributed by atoms with Gasteiger partial charge in [-0.15, -0.1) is 0 Å². The first kappa shape index (κ1) is 19.9. The third-order valence-electron chi connectivity index (χ3n) is 3.93. The second kappa shape index (κ2) is 11.2. The molecule has 2 rings (SSSR count). The summed E-state index contributed by atoms with van der Waals surface area (Å²) in [6.07, 6.45) is 2.14. The molecule has 0 heterocycles. The van der Waals surface area contributed by atoms with E-state index in [2.05, 4.69) is 6.58 Å². The van der Waals surface area contributed by atoms with Crippen molar-refractivity contribution in [3.63, 3.8) is 0 Å². The fourth-order valence-corrected chi connectivity index (χ4v) is 2.56. The van der Waals surface area contributed by atoms with E-state index in [1.807, 2.05) is 61.5 Å². The first-order chi connectivity index (χ1) is 12.7. The van der Waals surface area contributed by atoms with Crippen LogP contribution in [0.5, 0.6) is 5.75 Å². The predicted molar refractivity (Wildman–Crippen MR) is 102 cm³/mol. The molecule has 0 unspecified atom stereocenters. The van der Waals surface area contributed by atoms with Crippen molar-refractivity contribution in [2.75, 3.05) is 20.0 Å². The van der Waals surface area contributed by atoms with Gasteiger partial charge in [-0.25, -0.2) is 0 Å². The third-order valence-corrected chi connectivity index (χ3v) is 3.93. The summed E-state index contributed by atoms with van der Waals surface area (Å²) in [6, 6.07) is 17.5. The van der Waals surface area contributed by atoms with Crippen LogP contribution in [0.25, 0.3) is 0 Å². The molecule has 4 nitrogen and oxygen atoms in total. The summed E-state index contributed by atoms with van der Waals surface area (Å²) in [5.74, 6) is 0.526. The summed E-state index contributed by atoms with van der Waals surface area (Å²) in [5, 5.41) is 0. The summed E-state index contributed by atoms with van der Waals surface area (Å²) < 4.78 is 16.7. The van der Waals surface area contributed by atoms with Gasteiger partial charge in [0.25, 0.3) is 0 Å². The summed E-state index contributed by atoms with van der Waals surface area (Å²) in [4.78, 5) is 12.3. The zero-order chi connectivity index (χ0) is 18.6. The molecule has 0 aliphatic rings. The Morgan fingerprint density at radius 3 is 2.65 bits per heavy atom. The Kier molecular flexibility index (Phi) is 8.60. The lowest BCUT2D eigenvalue weighted by Gasteiger charge is -2.17. The van der Waals surface area contributed by atoms with Gasteiger partial charge in [0.1, 0.15) is 24.9 Å². The normalized spacial score (nSPS) is 11.7. The van der Waals surface area contributed by atoms with Gasteiger partial charge < -0.3 is 14.2 Å². The summed E-state index contributed by atoms with van der Waals surface area (Å²) in [6.45, 7) is 6.85. The van der Waals surface area contributed by atoms with Crippen molar-refractivity contribution in [3.05, 3.63) is 78.4 Å². The SMILES string of the molecule is C=CCOc1cccc([C@@H](COCOCc2ccccc2)C(=O)CC)c1. The van der Waals surface area contributed by atoms with E-state index in [-0.39, 0.29) is 25.1 Å². The van der Waals surface area contributed by atoms with Crippen LogP contribution in [-0.4, -0.2) is 25.8 Å². The highest BCUT2D eigenvalue weighted by molar-refractivity contribution is 5.85. The Labute approximate surface area is 155 Å². The molecule has 138 valence electrons. The number of ether oxygens (including phenoxy) is 3. The van der Waals surface area contributed by atoms with Crippen LogP contribution in [0.3, 0.4) is 0 Å². The average molecular weight is 354 g/mol. The highest BCUT2D eigenvalue weighted by Gasteiger charge is 2.20. The zero-order valence-electron chi connectivity index (χ0n) is 15.2. The lowest BCUT2D eigenvalue weighted by molar-refractivity contribution is -0.124. The van der Waals surface area contributed by atoms with Crippen molar-refractivity contribution in [1.82, 2.24) is 0 Å². The molecule has 2 aromatic rings. The van der Waals surface area contributed by atoms with Gasteiger partial charge in [0.15, 0.2) is 0 Å². The standard InChI is InChI=1S/C22H26O4/c1-3-13-26-20-12-8-11-19(14-20)21(22(23)4-2)16-25-17-24-15-18-9-6-5-7-10-18/h3,5-12,14,21H,1,4,13,15-17H2,2H3/t21-/m1/s1. The predicted octanol–water partition coefficient (Wildman–Crippen LogP) is 4.51. The highest BCUT2D eigenvalue weighted by Crippen LogP contribution is 2.23. The first-order valence-electron chi connectivity index (χ1n) is 8.80. The molecule has 0 bridgehead atoms. The number of hydrogen-bond donors (Lipinski definition) is 0. The van der Waals surface area contributed by atoms with Crippen molar-refractivity contribution in [1.29, 1.82) is 0 Å². The fourth-order valence-electron chi connectivity index (χ4n) is 2.56. The molecule has 0 fully saturated rings. The minimum Gasteiger partial charge on any atom is -0.490 e. The van der Waals surface area contributed by atoms with Gasteiger partial charge in [-0.05, 0) is 23.3 Å². The molecule has 0 radical (unpaired) electrons. The fraction of sp³-hybridized carbons (Fsp3) is 0.318. The second-order valence-electron chi connectivity index (χ2n) is 5.87. The maximum atomic E-state index is 12.3. The van der Waals surface area contributed by atoms with Gasteiger partial charge in [-0.1, -0.05) is 62.0 Å². The first-order valence-corrected chi connectivity index (χ1v) is 8.80. The Balaban J connectivity index is 1.89. The Morgan fingerprint density at radius 2 is 1.92 bits per heavy atom. The zero-order valence-corrected chi connectivity index (χ0v) is 15.2.